The van der Waals surface area contributed by atoms with Crippen LogP contribution in [-0.4, -0.2) is 26.0 Å². The highest BCUT2D eigenvalue weighted by molar-refractivity contribution is 4.89. The molecule has 0 amide bonds. The molecule has 1 aliphatic rings. The maximum atomic E-state index is 5.52. The Morgan fingerprint density at radius 1 is 1.50 bits per heavy atom. The van der Waals surface area contributed by atoms with Gasteiger partial charge in [0.2, 0.25) is 0 Å². The van der Waals surface area contributed by atoms with Gasteiger partial charge < -0.3 is 20.5 Å². The molecule has 0 aromatic heterocycles. The lowest BCUT2D eigenvalue weighted by Gasteiger charge is -2.34. The Bertz CT molecular complexity index is 200. The third-order valence-corrected chi connectivity index (χ3v) is 1.93. The van der Waals surface area contributed by atoms with Crippen LogP contribution >= 0.6 is 0 Å². The molecule has 0 aromatic carbocycles. The van der Waals surface area contributed by atoms with Gasteiger partial charge >= 0.3 is 0 Å². The van der Waals surface area contributed by atoms with E-state index in [2.05, 4.69) is 19.2 Å². The minimum atomic E-state index is -0.154. The van der Waals surface area contributed by atoms with Gasteiger partial charge in [0.1, 0.15) is 0 Å². The second-order valence-corrected chi connectivity index (χ2v) is 4.51. The molecule has 0 atom stereocenters. The quantitative estimate of drug-likeness (QED) is 0.707. The van der Waals surface area contributed by atoms with Crippen molar-refractivity contribution in [3.05, 3.63) is 11.9 Å². The molecule has 0 aliphatic carbocycles. The molecule has 1 fully saturated rings. The summed E-state index contributed by atoms with van der Waals surface area (Å²) in [4.78, 5) is 0. The van der Waals surface area contributed by atoms with Crippen LogP contribution in [0, 0.1) is 5.41 Å². The smallest absolute Gasteiger partial charge is 0.174 e. The number of hydrogen-bond acceptors (Lipinski definition) is 4. The van der Waals surface area contributed by atoms with Crippen LogP contribution in [0.5, 0.6) is 0 Å². The summed E-state index contributed by atoms with van der Waals surface area (Å²) in [7, 11) is 0. The third kappa shape index (κ3) is 3.98. The van der Waals surface area contributed by atoms with E-state index in [0.717, 1.165) is 18.9 Å². The monoisotopic (exact) mass is 200 g/mol. The molecule has 0 spiro atoms. The average molecular weight is 200 g/mol. The second-order valence-electron chi connectivity index (χ2n) is 4.51. The van der Waals surface area contributed by atoms with Crippen molar-refractivity contribution in [1.82, 2.24) is 5.32 Å². The lowest BCUT2D eigenvalue weighted by molar-refractivity contribution is -0.217. The predicted molar refractivity (Wildman–Crippen MR) is 55.4 cm³/mol. The van der Waals surface area contributed by atoms with Gasteiger partial charge in [-0.1, -0.05) is 13.8 Å². The van der Waals surface area contributed by atoms with Gasteiger partial charge in [0.25, 0.3) is 0 Å². The summed E-state index contributed by atoms with van der Waals surface area (Å²) in [6.45, 7) is 8.21. The first-order valence-corrected chi connectivity index (χ1v) is 4.88. The van der Waals surface area contributed by atoms with E-state index in [-0.39, 0.29) is 11.7 Å². The van der Waals surface area contributed by atoms with Crippen LogP contribution in [0.15, 0.2) is 11.9 Å². The van der Waals surface area contributed by atoms with Gasteiger partial charge in [-0.3, -0.25) is 0 Å². The Morgan fingerprint density at radius 2 is 2.07 bits per heavy atom. The normalized spacial score (nSPS) is 23.5. The third-order valence-electron chi connectivity index (χ3n) is 1.93. The first-order valence-electron chi connectivity index (χ1n) is 4.88. The molecule has 0 bridgehead atoms. The fourth-order valence-electron chi connectivity index (χ4n) is 1.16. The van der Waals surface area contributed by atoms with Crippen LogP contribution in [0.4, 0.5) is 0 Å². The van der Waals surface area contributed by atoms with E-state index in [4.69, 9.17) is 15.2 Å². The Labute approximate surface area is 85.4 Å². The number of ether oxygens (including phenoxy) is 2. The Balaban J connectivity index is 2.20. The summed E-state index contributed by atoms with van der Waals surface area (Å²) in [6, 6.07) is 0. The summed E-state index contributed by atoms with van der Waals surface area (Å²) in [5, 5.41) is 3.04. The van der Waals surface area contributed by atoms with Crippen molar-refractivity contribution in [3.8, 4) is 0 Å². The van der Waals surface area contributed by atoms with E-state index in [9.17, 15) is 0 Å². The standard InChI is InChI=1S/C10H20N2O2/c1-8(11)4-12-5-9-13-6-10(2,3)7-14-9/h4,9,12H,5-7,11H2,1-3H3/b8-4-. The van der Waals surface area contributed by atoms with Crippen molar-refractivity contribution in [3.63, 3.8) is 0 Å². The second kappa shape index (κ2) is 4.66. The predicted octanol–water partition coefficient (Wildman–Crippen LogP) is 0.795. The molecule has 3 N–H and O–H groups in total. The highest BCUT2D eigenvalue weighted by atomic mass is 16.7. The number of nitrogens with one attached hydrogen (secondary N) is 1. The summed E-state index contributed by atoms with van der Waals surface area (Å²) in [5.74, 6) is 0. The minimum Gasteiger partial charge on any atom is -0.401 e. The van der Waals surface area contributed by atoms with Gasteiger partial charge in [-0.15, -0.1) is 0 Å². The number of nitrogens with two attached hydrogens (primary N) is 1. The zero-order chi connectivity index (χ0) is 10.6. The summed E-state index contributed by atoms with van der Waals surface area (Å²) >= 11 is 0. The fraction of sp³-hybridized carbons (Fsp3) is 0.800. The van der Waals surface area contributed by atoms with Crippen molar-refractivity contribution in [2.45, 2.75) is 27.1 Å². The highest BCUT2D eigenvalue weighted by Crippen LogP contribution is 2.22. The van der Waals surface area contributed by atoms with E-state index in [0.29, 0.717) is 6.54 Å². The highest BCUT2D eigenvalue weighted by Gasteiger charge is 2.27. The van der Waals surface area contributed by atoms with E-state index < -0.39 is 0 Å². The molecule has 1 aliphatic heterocycles. The molecule has 4 heteroatoms. The lowest BCUT2D eigenvalue weighted by atomic mass is 9.96. The number of hydrogen-bond donors (Lipinski definition) is 2. The average Bonchev–Trinajstić information content (AvgIpc) is 2.07. The molecule has 0 aromatic rings. The molecule has 0 unspecified atom stereocenters. The van der Waals surface area contributed by atoms with Crippen molar-refractivity contribution >= 4 is 0 Å². The molecule has 14 heavy (non-hydrogen) atoms. The first kappa shape index (κ1) is 11.3. The Morgan fingerprint density at radius 3 is 2.57 bits per heavy atom. The summed E-state index contributed by atoms with van der Waals surface area (Å²) < 4.78 is 11.0. The van der Waals surface area contributed by atoms with Crippen LogP contribution in [0.25, 0.3) is 0 Å². The van der Waals surface area contributed by atoms with E-state index in [1.807, 2.05) is 6.92 Å². The van der Waals surface area contributed by atoms with Gasteiger partial charge in [0.15, 0.2) is 6.29 Å². The minimum absolute atomic E-state index is 0.135. The van der Waals surface area contributed by atoms with E-state index >= 15 is 0 Å². The molecule has 1 saturated heterocycles. The van der Waals surface area contributed by atoms with E-state index in [1.165, 1.54) is 0 Å². The molecule has 82 valence electrons. The van der Waals surface area contributed by atoms with E-state index in [1.54, 1.807) is 6.20 Å². The molecular weight excluding hydrogens is 180 g/mol. The van der Waals surface area contributed by atoms with Crippen LogP contribution in [0.3, 0.4) is 0 Å². The molecule has 1 rings (SSSR count). The summed E-state index contributed by atoms with van der Waals surface area (Å²) in [5.41, 5.74) is 6.35. The summed E-state index contributed by atoms with van der Waals surface area (Å²) in [6.07, 6.45) is 1.60. The van der Waals surface area contributed by atoms with Gasteiger partial charge in [0, 0.05) is 17.3 Å². The molecule has 0 radical (unpaired) electrons. The topological polar surface area (TPSA) is 56.5 Å². The van der Waals surface area contributed by atoms with Crippen LogP contribution < -0.4 is 11.1 Å². The van der Waals surface area contributed by atoms with Crippen LogP contribution in [-0.2, 0) is 9.47 Å². The van der Waals surface area contributed by atoms with Crippen molar-refractivity contribution < 1.29 is 9.47 Å². The maximum absolute atomic E-state index is 5.52. The molecular formula is C10H20N2O2. The molecule has 0 saturated carbocycles. The fourth-order valence-corrected chi connectivity index (χ4v) is 1.16. The Kier molecular flexibility index (Phi) is 3.77. The molecule has 1 heterocycles. The Hall–Kier alpha value is -0.740. The SMILES string of the molecule is C/C(N)=C/NCC1OCC(C)(C)CO1. The first-order chi connectivity index (χ1) is 6.49. The molecule has 4 nitrogen and oxygen atoms in total. The van der Waals surface area contributed by atoms with Gasteiger partial charge in [-0.2, -0.15) is 0 Å². The zero-order valence-electron chi connectivity index (χ0n) is 9.17. The maximum Gasteiger partial charge on any atom is 0.174 e. The van der Waals surface area contributed by atoms with Crippen LogP contribution in [0.1, 0.15) is 20.8 Å². The van der Waals surface area contributed by atoms with Crippen molar-refractivity contribution in [1.29, 1.82) is 0 Å². The van der Waals surface area contributed by atoms with Crippen molar-refractivity contribution in [2.75, 3.05) is 19.8 Å². The largest absolute Gasteiger partial charge is 0.401 e. The van der Waals surface area contributed by atoms with Gasteiger partial charge in [0.05, 0.1) is 19.8 Å². The van der Waals surface area contributed by atoms with Crippen molar-refractivity contribution in [2.24, 2.45) is 11.1 Å². The number of allylic oxidation sites excluding steroid dienone is 1. The lowest BCUT2D eigenvalue weighted by Crippen LogP contribution is -2.41. The zero-order valence-corrected chi connectivity index (χ0v) is 9.17. The van der Waals surface area contributed by atoms with Gasteiger partial charge in [-0.25, -0.2) is 0 Å². The van der Waals surface area contributed by atoms with Gasteiger partial charge in [-0.05, 0) is 6.92 Å². The number of rotatable bonds is 3. The van der Waals surface area contributed by atoms with Crippen LogP contribution in [0.2, 0.25) is 0 Å².